The van der Waals surface area contributed by atoms with Crippen LogP contribution < -0.4 is 4.74 Å². The van der Waals surface area contributed by atoms with Gasteiger partial charge in [0.1, 0.15) is 5.75 Å². The summed E-state index contributed by atoms with van der Waals surface area (Å²) in [7, 11) is 1.64. The number of carboxylic acid groups (broad SMARTS) is 2. The lowest BCUT2D eigenvalue weighted by Crippen LogP contribution is -2.43. The van der Waals surface area contributed by atoms with E-state index in [4.69, 9.17) is 14.9 Å². The molecule has 0 aromatic heterocycles. The fourth-order valence-corrected chi connectivity index (χ4v) is 3.47. The van der Waals surface area contributed by atoms with Crippen molar-refractivity contribution in [2.75, 3.05) is 18.6 Å². The fourth-order valence-electron chi connectivity index (χ4n) is 2.36. The van der Waals surface area contributed by atoms with Crippen LogP contribution in [0.5, 0.6) is 5.75 Å². The number of benzene rings is 1. The molecule has 0 bridgehead atoms. The molecule has 0 unspecified atom stereocenters. The molecule has 0 saturated heterocycles. The fraction of sp³-hybridized carbons (Fsp3) is 0.556. The zero-order chi connectivity index (χ0) is 18.7. The van der Waals surface area contributed by atoms with E-state index in [-0.39, 0.29) is 5.75 Å². The molecule has 0 amide bonds. The third-order valence-corrected chi connectivity index (χ3v) is 5.10. The van der Waals surface area contributed by atoms with E-state index >= 15 is 0 Å². The summed E-state index contributed by atoms with van der Waals surface area (Å²) in [4.78, 5) is 21.6. The van der Waals surface area contributed by atoms with Crippen LogP contribution in [0.4, 0.5) is 0 Å². The predicted octanol–water partition coefficient (Wildman–Crippen LogP) is 2.82. The zero-order valence-corrected chi connectivity index (χ0v) is 15.3. The predicted molar refractivity (Wildman–Crippen MR) is 97.3 cm³/mol. The maximum Gasteiger partial charge on any atom is 0.337 e. The number of hydrogen-bond donors (Lipinski definition) is 3. The van der Waals surface area contributed by atoms with Crippen LogP contribution in [0.3, 0.4) is 0 Å². The largest absolute Gasteiger partial charge is 0.497 e. The highest BCUT2D eigenvalue weighted by Gasteiger charge is 2.38. The smallest absolute Gasteiger partial charge is 0.337 e. The molecular formula is C18H26O6S. The number of thioether (sulfide) groups is 1. The maximum atomic E-state index is 11.0. The van der Waals surface area contributed by atoms with Crippen molar-refractivity contribution in [1.29, 1.82) is 0 Å². The first-order valence-corrected chi connectivity index (χ1v) is 9.41. The molecule has 0 aliphatic heterocycles. The number of aliphatic carboxylic acids is 2. The summed E-state index contributed by atoms with van der Waals surface area (Å²) in [6.07, 6.45) is 4.31. The van der Waals surface area contributed by atoms with E-state index in [1.54, 1.807) is 7.11 Å². The van der Waals surface area contributed by atoms with Gasteiger partial charge in [-0.25, -0.2) is 4.79 Å². The van der Waals surface area contributed by atoms with Crippen molar-refractivity contribution in [3.63, 3.8) is 0 Å². The number of aryl methyl sites for hydroxylation is 1. The molecule has 0 aliphatic rings. The number of rotatable bonds is 13. The molecule has 0 fully saturated rings. The molecule has 0 heterocycles. The standard InChI is InChI=1S/C18H26O6S/c1-24-15-9-7-14(8-10-15)6-4-2-3-5-11-25-13-18(23,17(21)22)12-16(19)20/h7-10,23H,2-6,11-13H2,1H3,(H,19,20)(H,21,22)/t18-/m0/s1. The Morgan fingerprint density at radius 3 is 2.28 bits per heavy atom. The molecule has 0 radical (unpaired) electrons. The van der Waals surface area contributed by atoms with Gasteiger partial charge in [0.25, 0.3) is 0 Å². The summed E-state index contributed by atoms with van der Waals surface area (Å²) in [5.74, 6) is -1.35. The van der Waals surface area contributed by atoms with Crippen LogP contribution in [0.25, 0.3) is 0 Å². The first-order chi connectivity index (χ1) is 11.9. The first kappa shape index (κ1) is 21.3. The average molecular weight is 370 g/mol. The molecule has 0 aliphatic carbocycles. The molecule has 0 spiro atoms. The minimum absolute atomic E-state index is 0.111. The quantitative estimate of drug-likeness (QED) is 0.459. The second kappa shape index (κ2) is 11.0. The highest BCUT2D eigenvalue weighted by molar-refractivity contribution is 7.99. The molecule has 25 heavy (non-hydrogen) atoms. The Morgan fingerprint density at radius 2 is 1.72 bits per heavy atom. The Hall–Kier alpha value is -1.73. The summed E-state index contributed by atoms with van der Waals surface area (Å²) in [6.45, 7) is 0. The minimum Gasteiger partial charge on any atom is -0.497 e. The third kappa shape index (κ3) is 8.27. The van der Waals surface area contributed by atoms with Crippen LogP contribution in [0.1, 0.15) is 37.7 Å². The highest BCUT2D eigenvalue weighted by atomic mass is 32.2. The number of aliphatic hydroxyl groups is 1. The van der Waals surface area contributed by atoms with Crippen molar-refractivity contribution >= 4 is 23.7 Å². The molecule has 1 aromatic carbocycles. The SMILES string of the molecule is COc1ccc(CCCCCCSC[C@@](O)(CC(=O)O)C(=O)O)cc1. The molecule has 6 nitrogen and oxygen atoms in total. The van der Waals surface area contributed by atoms with E-state index in [9.17, 15) is 14.7 Å². The second-order valence-corrected chi connectivity index (χ2v) is 7.08. The highest BCUT2D eigenvalue weighted by Crippen LogP contribution is 2.20. The van der Waals surface area contributed by atoms with Crippen LogP contribution in [0.15, 0.2) is 24.3 Å². The number of ether oxygens (including phenoxy) is 1. The Kier molecular flexibility index (Phi) is 9.37. The van der Waals surface area contributed by atoms with Crippen molar-refractivity contribution in [1.82, 2.24) is 0 Å². The van der Waals surface area contributed by atoms with Gasteiger partial charge in [-0.3, -0.25) is 4.79 Å². The van der Waals surface area contributed by atoms with Gasteiger partial charge >= 0.3 is 11.9 Å². The monoisotopic (exact) mass is 370 g/mol. The number of methoxy groups -OCH3 is 1. The number of carbonyl (C=O) groups is 2. The lowest BCUT2D eigenvalue weighted by atomic mass is 10.0. The van der Waals surface area contributed by atoms with Crippen LogP contribution in [0.2, 0.25) is 0 Å². The Labute approximate surface area is 152 Å². The molecule has 140 valence electrons. The molecule has 1 atom stereocenters. The topological polar surface area (TPSA) is 104 Å². The number of unbranched alkanes of at least 4 members (excludes halogenated alkanes) is 3. The van der Waals surface area contributed by atoms with E-state index in [1.165, 1.54) is 17.3 Å². The lowest BCUT2D eigenvalue weighted by molar-refractivity contribution is -0.162. The molecule has 1 rings (SSSR count). The van der Waals surface area contributed by atoms with Gasteiger partial charge in [-0.1, -0.05) is 25.0 Å². The van der Waals surface area contributed by atoms with Crippen molar-refractivity contribution in [3.05, 3.63) is 29.8 Å². The summed E-state index contributed by atoms with van der Waals surface area (Å²) < 4.78 is 5.12. The third-order valence-electron chi connectivity index (χ3n) is 3.85. The van der Waals surface area contributed by atoms with E-state index in [0.29, 0.717) is 5.75 Å². The molecule has 1 aromatic rings. The van der Waals surface area contributed by atoms with Gasteiger partial charge < -0.3 is 20.1 Å². The molecule has 3 N–H and O–H groups in total. The average Bonchev–Trinajstić information content (AvgIpc) is 2.57. The van der Waals surface area contributed by atoms with Gasteiger partial charge in [0.2, 0.25) is 0 Å². The number of hydrogen-bond acceptors (Lipinski definition) is 5. The maximum absolute atomic E-state index is 11.0. The van der Waals surface area contributed by atoms with E-state index in [0.717, 1.165) is 37.9 Å². The number of carboxylic acids is 2. The van der Waals surface area contributed by atoms with Gasteiger partial charge in [-0.15, -0.1) is 0 Å². The van der Waals surface area contributed by atoms with E-state index < -0.39 is 24.0 Å². The molecule has 0 saturated carbocycles. The van der Waals surface area contributed by atoms with Crippen molar-refractivity contribution < 1.29 is 29.6 Å². The zero-order valence-electron chi connectivity index (χ0n) is 14.4. The van der Waals surface area contributed by atoms with E-state index in [2.05, 4.69) is 12.1 Å². The van der Waals surface area contributed by atoms with Crippen LogP contribution in [-0.2, 0) is 16.0 Å². The van der Waals surface area contributed by atoms with Crippen LogP contribution in [-0.4, -0.2) is 51.5 Å². The van der Waals surface area contributed by atoms with Gasteiger partial charge in [-0.05, 0) is 42.7 Å². The normalized spacial score (nSPS) is 13.2. The summed E-state index contributed by atoms with van der Waals surface area (Å²) in [5, 5.41) is 27.5. The molecule has 7 heteroatoms. The summed E-state index contributed by atoms with van der Waals surface area (Å²) >= 11 is 1.28. The van der Waals surface area contributed by atoms with Crippen LogP contribution >= 0.6 is 11.8 Å². The molecular weight excluding hydrogens is 344 g/mol. The van der Waals surface area contributed by atoms with Crippen molar-refractivity contribution in [3.8, 4) is 5.75 Å². The van der Waals surface area contributed by atoms with Crippen molar-refractivity contribution in [2.45, 2.75) is 44.1 Å². The van der Waals surface area contributed by atoms with Gasteiger partial charge in [0.05, 0.1) is 13.5 Å². The van der Waals surface area contributed by atoms with Crippen LogP contribution in [0, 0.1) is 0 Å². The summed E-state index contributed by atoms with van der Waals surface area (Å²) in [5.41, 5.74) is -0.916. The Balaban J connectivity index is 2.13. The second-order valence-electron chi connectivity index (χ2n) is 5.97. The van der Waals surface area contributed by atoms with Gasteiger partial charge in [-0.2, -0.15) is 11.8 Å². The van der Waals surface area contributed by atoms with Gasteiger partial charge in [0.15, 0.2) is 5.60 Å². The minimum atomic E-state index is -2.19. The van der Waals surface area contributed by atoms with Gasteiger partial charge in [0, 0.05) is 5.75 Å². The lowest BCUT2D eigenvalue weighted by Gasteiger charge is -2.20. The summed E-state index contributed by atoms with van der Waals surface area (Å²) in [6, 6.07) is 8.02. The van der Waals surface area contributed by atoms with Crippen molar-refractivity contribution in [2.24, 2.45) is 0 Å². The van der Waals surface area contributed by atoms with E-state index in [1.807, 2.05) is 12.1 Å². The Morgan fingerprint density at radius 1 is 1.08 bits per heavy atom. The first-order valence-electron chi connectivity index (χ1n) is 8.25. The Bertz CT molecular complexity index is 545.